The molecule has 2 aromatic heterocycles. The molecule has 0 aliphatic heterocycles. The summed E-state index contributed by atoms with van der Waals surface area (Å²) in [5.41, 5.74) is 18.9. The molecule has 20 rings (SSSR count). The van der Waals surface area contributed by atoms with Crippen LogP contribution in [0.1, 0.15) is 62.6 Å². The number of aromatic nitrogens is 6. The highest BCUT2D eigenvalue weighted by Crippen LogP contribution is 2.61. The molecule has 134 heavy (non-hydrogen) atoms. The standard InChI is InChI=1S/C53H34N4.C45H28F9N3O2S.C13H10BNO2.H2/c54-35-36-25-27-37(28-26-36)38-29-31-39(32-30-38)45-34-49-46(44-23-13-14-24-48(44)53(49,42-19-9-3-10-20-42)43-21-11-4-12-22-43)33-47(45)52-56-50(40-15-5-1-6-16-40)55-51(57-52)41-17-7-2-8-18-41;46-42(47,44(50,51)52)43(48,49)45(53,54)60(58,59)27-30-25-37-35(33-23-13-14-24-36(33)41(37,31-19-9-3-10-20-31)32-21-11-4-12-22-32)26-34(30)40-56-38(28-15-5-1-6-16-28)55-39(57-40)29-17-7-2-8-18-29;15-9-10-1-3-11(4-2-10)12-5-7-13(8-6-12)14(16)17;/h1-34H;1-26H,27H2;1-8,16-17H;1H/i;;;1+1. The van der Waals surface area contributed by atoms with Crippen molar-refractivity contribution in [1.29, 1.82) is 10.5 Å². The number of sulfone groups is 1. The summed E-state index contributed by atoms with van der Waals surface area (Å²) in [6.07, 6.45) is -7.24. The Morgan fingerprint density at radius 1 is 0.284 bits per heavy atom. The minimum Gasteiger partial charge on any atom is -0.423 e. The number of nitriles is 2. The number of rotatable bonds is 19. The van der Waals surface area contributed by atoms with E-state index in [-0.39, 0.29) is 30.0 Å². The number of benzene rings is 16. The molecule has 18 aromatic rings. The van der Waals surface area contributed by atoms with Gasteiger partial charge in [0.15, 0.2) is 34.9 Å². The van der Waals surface area contributed by atoms with Crippen LogP contribution in [0, 0.1) is 22.7 Å². The highest BCUT2D eigenvalue weighted by Gasteiger charge is 2.85. The Kier molecular flexibility index (Phi) is 24.0. The largest absolute Gasteiger partial charge is 0.488 e. The van der Waals surface area contributed by atoms with E-state index in [4.69, 9.17) is 30.3 Å². The van der Waals surface area contributed by atoms with Gasteiger partial charge in [0.1, 0.15) is 0 Å². The van der Waals surface area contributed by atoms with Gasteiger partial charge in [-0.2, -0.15) is 50.0 Å². The van der Waals surface area contributed by atoms with Crippen LogP contribution >= 0.6 is 0 Å². The van der Waals surface area contributed by atoms with Crippen molar-refractivity contribution in [2.24, 2.45) is 0 Å². The molecule has 0 fully saturated rings. The fourth-order valence-corrected chi connectivity index (χ4v) is 19.0. The van der Waals surface area contributed by atoms with E-state index < -0.39 is 62.4 Å². The van der Waals surface area contributed by atoms with Crippen LogP contribution in [0.4, 0.5) is 39.5 Å². The Bertz CT molecular complexity index is 7390. The maximum Gasteiger partial charge on any atom is 0.488 e. The van der Waals surface area contributed by atoms with Gasteiger partial charge in [-0.05, 0) is 154 Å². The van der Waals surface area contributed by atoms with Gasteiger partial charge in [0.25, 0.3) is 0 Å². The van der Waals surface area contributed by atoms with Gasteiger partial charge in [0, 0.05) is 34.8 Å². The minimum absolute atomic E-state index is 0. The van der Waals surface area contributed by atoms with Crippen LogP contribution in [0.3, 0.4) is 0 Å². The van der Waals surface area contributed by atoms with E-state index in [1.54, 1.807) is 164 Å². The van der Waals surface area contributed by atoms with E-state index in [9.17, 15) is 44.4 Å². The molecule has 2 aliphatic carbocycles. The molecule has 2 N–H and O–H groups in total. The summed E-state index contributed by atoms with van der Waals surface area (Å²) in [7, 11) is -8.39. The lowest BCUT2D eigenvalue weighted by Crippen LogP contribution is -2.63. The third kappa shape index (κ3) is 16.2. The Labute approximate surface area is 767 Å². The summed E-state index contributed by atoms with van der Waals surface area (Å²) < 4.78 is 156. The van der Waals surface area contributed by atoms with E-state index in [1.165, 1.54) is 39.9 Å². The number of alkyl halides is 9. The van der Waals surface area contributed by atoms with Gasteiger partial charge in [-0.1, -0.05) is 370 Å². The predicted molar refractivity (Wildman–Crippen MR) is 505 cm³/mol. The molecule has 0 radical (unpaired) electrons. The molecule has 0 bridgehead atoms. The minimum atomic E-state index is -7.45. The zero-order chi connectivity index (χ0) is 93.2. The van der Waals surface area contributed by atoms with Gasteiger partial charge >= 0.3 is 30.4 Å². The average Bonchev–Trinajstić information content (AvgIpc) is 1.67. The molecular weight excluding hydrogens is 1720 g/mol. The van der Waals surface area contributed by atoms with Gasteiger partial charge < -0.3 is 10.0 Å². The van der Waals surface area contributed by atoms with Crippen molar-refractivity contribution in [1.82, 2.24) is 29.9 Å². The quantitative estimate of drug-likeness (QED) is 0.0574. The number of fused-ring (bicyclic) bond motifs is 6. The summed E-state index contributed by atoms with van der Waals surface area (Å²) in [4.78, 5) is 29.3. The number of nitrogens with zero attached hydrogens (tertiary/aromatic N) is 8. The van der Waals surface area contributed by atoms with Crippen LogP contribution in [-0.2, 0) is 26.4 Å². The second-order valence-electron chi connectivity index (χ2n) is 32.0. The van der Waals surface area contributed by atoms with Crippen LogP contribution < -0.4 is 5.46 Å². The molecule has 0 saturated carbocycles. The van der Waals surface area contributed by atoms with Gasteiger partial charge in [-0.3, -0.25) is 0 Å². The maximum atomic E-state index is 15.6. The molecule has 0 atom stereocenters. The van der Waals surface area contributed by atoms with Crippen molar-refractivity contribution >= 4 is 22.4 Å². The SMILES string of the molecule is N#Cc1ccc(-c2ccc(-c3cc4c(cc3-c3nc(-c5ccccc5)nc(-c5ccccc5)n3)-c3ccccc3C4(c3ccccc3)c3ccccc3)cc2)cc1.N#Cc1ccc(-c2ccc(B(O)O)cc2)cc1.O=S(=O)(Cc1cc2c(cc1-c1nc(-c3ccccc3)nc(-c3ccccc3)n1)-c1ccccc1C2(c1ccccc1)c1ccccc1)C(F)(F)C(F)(F)C(F)(F)C(F)(F)F.[2HH]. The van der Waals surface area contributed by atoms with Crippen molar-refractivity contribution in [3.8, 4) is 136 Å². The lowest BCUT2D eigenvalue weighted by molar-refractivity contribution is -0.382. The normalized spacial score (nSPS) is 12.8. The molecule has 0 amide bonds. The summed E-state index contributed by atoms with van der Waals surface area (Å²) in [5, 5.41) is 29.1. The Hall–Kier alpha value is -16.2. The molecule has 0 spiro atoms. The molecule has 654 valence electrons. The average molecular weight is 1800 g/mol. The first-order valence-electron chi connectivity index (χ1n) is 42.4. The summed E-state index contributed by atoms with van der Waals surface area (Å²) >= 11 is 0. The molecule has 2 aliphatic rings. The van der Waals surface area contributed by atoms with Gasteiger partial charge in [-0.15, -0.1) is 0 Å². The van der Waals surface area contributed by atoms with Crippen LogP contribution in [0.5, 0.6) is 0 Å². The van der Waals surface area contributed by atoms with Crippen molar-refractivity contribution in [2.45, 2.75) is 39.9 Å². The van der Waals surface area contributed by atoms with E-state index in [1.807, 2.05) is 115 Å². The second-order valence-corrected chi connectivity index (χ2v) is 34.0. The fourth-order valence-electron chi connectivity index (χ4n) is 17.6. The monoisotopic (exact) mass is 1800 g/mol. The van der Waals surface area contributed by atoms with Gasteiger partial charge in [0.2, 0.25) is 9.84 Å². The Balaban J connectivity index is 0.000000159. The van der Waals surface area contributed by atoms with E-state index in [0.29, 0.717) is 73.0 Å². The summed E-state index contributed by atoms with van der Waals surface area (Å²) in [6, 6.07) is 134. The van der Waals surface area contributed by atoms with Crippen molar-refractivity contribution in [2.75, 3.05) is 0 Å². The van der Waals surface area contributed by atoms with Gasteiger partial charge in [0.05, 0.1) is 39.8 Å². The molecule has 0 saturated heterocycles. The van der Waals surface area contributed by atoms with E-state index in [0.717, 1.165) is 55.6 Å². The number of hydrogen-bond acceptors (Lipinski definition) is 12. The highest BCUT2D eigenvalue weighted by molar-refractivity contribution is 7.91. The van der Waals surface area contributed by atoms with Crippen LogP contribution in [0.15, 0.2) is 413 Å². The number of hydrogen-bond donors (Lipinski definition) is 2. The van der Waals surface area contributed by atoms with Crippen molar-refractivity contribution in [3.05, 3.63) is 474 Å². The third-order valence-electron chi connectivity index (χ3n) is 24.1. The fraction of sp³-hybridized carbons (Fsp3) is 0.0631. The van der Waals surface area contributed by atoms with E-state index in [2.05, 4.69) is 148 Å². The summed E-state index contributed by atoms with van der Waals surface area (Å²) in [6.45, 7) is 0. The van der Waals surface area contributed by atoms with Crippen molar-refractivity contribution < 1.29 is 59.4 Å². The smallest absolute Gasteiger partial charge is 0.423 e. The van der Waals surface area contributed by atoms with Crippen molar-refractivity contribution in [3.63, 3.8) is 0 Å². The van der Waals surface area contributed by atoms with Crippen LogP contribution in [-0.4, -0.2) is 78.8 Å². The summed E-state index contributed by atoms with van der Waals surface area (Å²) in [5.74, 6) is -15.5. The zero-order valence-electron chi connectivity index (χ0n) is 70.6. The maximum absolute atomic E-state index is 15.6. The molecule has 2 heterocycles. The highest BCUT2D eigenvalue weighted by atomic mass is 32.2. The van der Waals surface area contributed by atoms with Crippen LogP contribution in [0.25, 0.3) is 124 Å². The first kappa shape index (κ1) is 88.5. The molecule has 0 unspecified atom stereocenters. The second kappa shape index (κ2) is 36.3. The Morgan fingerprint density at radius 2 is 0.567 bits per heavy atom. The first-order chi connectivity index (χ1) is 64.8. The predicted octanol–water partition coefficient (Wildman–Crippen LogP) is 25.2. The molecule has 16 aromatic carbocycles. The Morgan fingerprint density at radius 3 is 0.903 bits per heavy atom. The lowest BCUT2D eigenvalue weighted by atomic mass is 9.67. The molecular formula is C111H74BF9N8O4S. The first-order valence-corrected chi connectivity index (χ1v) is 44.0. The van der Waals surface area contributed by atoms with Gasteiger partial charge in [-0.25, -0.2) is 38.3 Å². The van der Waals surface area contributed by atoms with Crippen LogP contribution in [0.2, 0.25) is 0 Å². The lowest BCUT2D eigenvalue weighted by Gasteiger charge is -2.34. The zero-order valence-corrected chi connectivity index (χ0v) is 71.5. The number of halogens is 9. The third-order valence-corrected chi connectivity index (χ3v) is 25.8. The molecule has 12 nitrogen and oxygen atoms in total. The molecule has 23 heteroatoms. The van der Waals surface area contributed by atoms with E-state index >= 15 is 8.78 Å². The topological polar surface area (TPSA) is 200 Å².